The van der Waals surface area contributed by atoms with E-state index in [0.717, 1.165) is 24.4 Å². The number of rotatable bonds is 10. The van der Waals surface area contributed by atoms with Gasteiger partial charge in [-0.05, 0) is 54.1 Å². The molecule has 0 aromatic heterocycles. The number of nitro groups is 2. The van der Waals surface area contributed by atoms with E-state index in [2.05, 4.69) is 15.8 Å². The van der Waals surface area contributed by atoms with Gasteiger partial charge in [0.2, 0.25) is 5.91 Å². The molecule has 0 fully saturated rings. The van der Waals surface area contributed by atoms with E-state index in [9.17, 15) is 34.6 Å². The van der Waals surface area contributed by atoms with E-state index in [0.29, 0.717) is 17.7 Å². The Balaban J connectivity index is 1.70. The summed E-state index contributed by atoms with van der Waals surface area (Å²) in [5.74, 6) is -1.65. The fraction of sp³-hybridized carbons (Fsp3) is 0.0769. The summed E-state index contributed by atoms with van der Waals surface area (Å²) in [6.45, 7) is 1.71. The summed E-state index contributed by atoms with van der Waals surface area (Å²) in [7, 11) is 0. The highest BCUT2D eigenvalue weighted by atomic mass is 16.6. The largest absolute Gasteiger partial charge is 0.423 e. The van der Waals surface area contributed by atoms with E-state index >= 15 is 0 Å². The molecule has 0 aliphatic carbocycles. The van der Waals surface area contributed by atoms with Gasteiger partial charge in [0.1, 0.15) is 5.75 Å². The number of nitrogens with zero attached hydrogens (tertiary/aromatic N) is 3. The van der Waals surface area contributed by atoms with Crippen LogP contribution in [0.3, 0.4) is 0 Å². The molecule has 0 unspecified atom stereocenters. The van der Waals surface area contributed by atoms with Crippen LogP contribution in [0.2, 0.25) is 0 Å². The van der Waals surface area contributed by atoms with Gasteiger partial charge in [-0.25, -0.2) is 10.2 Å². The molecule has 0 heterocycles. The van der Waals surface area contributed by atoms with Crippen LogP contribution >= 0.6 is 0 Å². The molecule has 198 valence electrons. The van der Waals surface area contributed by atoms with E-state index in [-0.39, 0.29) is 34.2 Å². The second-order valence-corrected chi connectivity index (χ2v) is 7.76. The zero-order valence-electron chi connectivity index (χ0n) is 20.4. The standard InChI is InChI=1S/C26H21N5O8/c1-2-24(32)28-20-8-6-18(7-9-20)26(34)29-27-16-19-15-22(31(37)38)12-13-23(19)39-25(33)14-5-17-3-10-21(11-4-17)30(35)36/h3-16H,2H2,1H3,(H,28,32)(H,29,34)/b14-5+,27-16+. The number of hydrogen-bond acceptors (Lipinski definition) is 9. The van der Waals surface area contributed by atoms with Crippen LogP contribution in [-0.4, -0.2) is 33.8 Å². The lowest BCUT2D eigenvalue weighted by Gasteiger charge is -2.06. The molecule has 3 aromatic carbocycles. The van der Waals surface area contributed by atoms with Gasteiger partial charge in [0, 0.05) is 53.6 Å². The van der Waals surface area contributed by atoms with Gasteiger partial charge < -0.3 is 10.1 Å². The summed E-state index contributed by atoms with van der Waals surface area (Å²) in [5, 5.41) is 28.4. The van der Waals surface area contributed by atoms with E-state index < -0.39 is 21.7 Å². The van der Waals surface area contributed by atoms with Crippen LogP contribution in [0, 0.1) is 20.2 Å². The molecule has 2 N–H and O–H groups in total. The number of carbonyl (C=O) groups is 3. The molecule has 3 aromatic rings. The highest BCUT2D eigenvalue weighted by Gasteiger charge is 2.13. The molecule has 39 heavy (non-hydrogen) atoms. The molecular formula is C26H21N5O8. The molecule has 0 saturated carbocycles. The first-order chi connectivity index (χ1) is 18.7. The van der Waals surface area contributed by atoms with Crippen molar-refractivity contribution in [2.24, 2.45) is 5.10 Å². The van der Waals surface area contributed by atoms with Crippen molar-refractivity contribution in [3.63, 3.8) is 0 Å². The fourth-order valence-electron chi connectivity index (χ4n) is 3.04. The van der Waals surface area contributed by atoms with E-state index in [4.69, 9.17) is 4.74 Å². The van der Waals surface area contributed by atoms with Crippen molar-refractivity contribution in [3.8, 4) is 5.75 Å². The Bertz CT molecular complexity index is 1460. The second kappa shape index (κ2) is 13.0. The minimum absolute atomic E-state index is 0.0409. The Kier molecular flexibility index (Phi) is 9.29. The van der Waals surface area contributed by atoms with Crippen molar-refractivity contribution in [2.75, 3.05) is 5.32 Å². The quantitative estimate of drug-likeness (QED) is 0.0972. The topological polar surface area (TPSA) is 183 Å². The molecular weight excluding hydrogens is 510 g/mol. The van der Waals surface area contributed by atoms with Crippen LogP contribution in [0.5, 0.6) is 5.75 Å². The average molecular weight is 531 g/mol. The van der Waals surface area contributed by atoms with Crippen LogP contribution in [0.15, 0.2) is 77.9 Å². The third-order valence-electron chi connectivity index (χ3n) is 5.05. The maximum absolute atomic E-state index is 12.4. The van der Waals surface area contributed by atoms with Gasteiger partial charge in [-0.3, -0.25) is 29.8 Å². The highest BCUT2D eigenvalue weighted by molar-refractivity contribution is 5.97. The number of anilines is 1. The molecule has 0 bridgehead atoms. The van der Waals surface area contributed by atoms with Gasteiger partial charge in [-0.2, -0.15) is 5.10 Å². The predicted octanol–water partition coefficient (Wildman–Crippen LogP) is 4.23. The number of hydrazone groups is 1. The van der Waals surface area contributed by atoms with Crippen molar-refractivity contribution in [3.05, 3.63) is 110 Å². The Morgan fingerprint density at radius 2 is 1.56 bits per heavy atom. The smallest absolute Gasteiger partial charge is 0.336 e. The molecule has 13 nitrogen and oxygen atoms in total. The molecule has 13 heteroatoms. The summed E-state index contributed by atoms with van der Waals surface area (Å²) in [5.41, 5.74) is 3.19. The summed E-state index contributed by atoms with van der Waals surface area (Å²) in [4.78, 5) is 56.9. The maximum atomic E-state index is 12.4. The maximum Gasteiger partial charge on any atom is 0.336 e. The highest BCUT2D eigenvalue weighted by Crippen LogP contribution is 2.23. The van der Waals surface area contributed by atoms with Gasteiger partial charge in [0.05, 0.1) is 16.1 Å². The number of carbonyl (C=O) groups excluding carboxylic acids is 3. The third-order valence-corrected chi connectivity index (χ3v) is 5.05. The van der Waals surface area contributed by atoms with Gasteiger partial charge in [-0.15, -0.1) is 0 Å². The van der Waals surface area contributed by atoms with Gasteiger partial charge in [0.25, 0.3) is 17.3 Å². The lowest BCUT2D eigenvalue weighted by Crippen LogP contribution is -2.18. The van der Waals surface area contributed by atoms with Crippen molar-refractivity contribution >= 4 is 47.1 Å². The lowest BCUT2D eigenvalue weighted by molar-refractivity contribution is -0.385. The molecule has 0 aliphatic heterocycles. The van der Waals surface area contributed by atoms with Crippen molar-refractivity contribution in [1.29, 1.82) is 0 Å². The van der Waals surface area contributed by atoms with E-state index in [1.807, 2.05) is 0 Å². The van der Waals surface area contributed by atoms with Gasteiger partial charge in [-0.1, -0.05) is 6.92 Å². The first kappa shape index (κ1) is 27.9. The molecule has 0 aliphatic rings. The Hall–Kier alpha value is -5.72. The number of nitro benzene ring substituents is 2. The van der Waals surface area contributed by atoms with E-state index in [1.54, 1.807) is 19.1 Å². The minimum Gasteiger partial charge on any atom is -0.423 e. The number of benzene rings is 3. The Morgan fingerprint density at radius 1 is 0.923 bits per heavy atom. The van der Waals surface area contributed by atoms with Gasteiger partial charge >= 0.3 is 5.97 Å². The molecule has 0 saturated heterocycles. The Morgan fingerprint density at radius 3 is 2.18 bits per heavy atom. The van der Waals surface area contributed by atoms with Crippen LogP contribution in [-0.2, 0) is 9.59 Å². The number of amides is 2. The van der Waals surface area contributed by atoms with Crippen molar-refractivity contribution in [1.82, 2.24) is 5.43 Å². The predicted molar refractivity (Wildman–Crippen MR) is 141 cm³/mol. The molecule has 0 spiro atoms. The summed E-state index contributed by atoms with van der Waals surface area (Å²) in [6, 6.07) is 15.0. The molecule has 0 radical (unpaired) electrons. The number of ether oxygens (including phenoxy) is 1. The summed E-state index contributed by atoms with van der Waals surface area (Å²) in [6.07, 6.45) is 3.85. The van der Waals surface area contributed by atoms with Crippen LogP contribution < -0.4 is 15.5 Å². The number of non-ortho nitro benzene ring substituents is 2. The normalized spacial score (nSPS) is 10.8. The Labute approximate surface area is 221 Å². The average Bonchev–Trinajstić information content (AvgIpc) is 2.93. The van der Waals surface area contributed by atoms with Crippen molar-refractivity contribution < 1.29 is 29.0 Å². The SMILES string of the molecule is CCC(=O)Nc1ccc(C(=O)N/N=C/c2cc([N+](=O)[O-])ccc2OC(=O)/C=C/c2ccc([N+](=O)[O-])cc2)cc1. The lowest BCUT2D eigenvalue weighted by atomic mass is 10.2. The zero-order valence-corrected chi connectivity index (χ0v) is 20.4. The van der Waals surface area contributed by atoms with Crippen LogP contribution in [0.25, 0.3) is 6.08 Å². The van der Waals surface area contributed by atoms with Crippen LogP contribution in [0.4, 0.5) is 17.1 Å². The zero-order chi connectivity index (χ0) is 28.4. The molecule has 3 rings (SSSR count). The summed E-state index contributed by atoms with van der Waals surface area (Å²) >= 11 is 0. The minimum atomic E-state index is -0.823. The van der Waals surface area contributed by atoms with E-state index in [1.165, 1.54) is 48.5 Å². The van der Waals surface area contributed by atoms with Crippen LogP contribution in [0.1, 0.15) is 34.8 Å². The monoisotopic (exact) mass is 531 g/mol. The first-order valence-corrected chi connectivity index (χ1v) is 11.3. The first-order valence-electron chi connectivity index (χ1n) is 11.3. The number of esters is 1. The fourth-order valence-corrected chi connectivity index (χ4v) is 3.04. The third kappa shape index (κ3) is 8.15. The van der Waals surface area contributed by atoms with Crippen molar-refractivity contribution in [2.45, 2.75) is 13.3 Å². The second-order valence-electron chi connectivity index (χ2n) is 7.76. The van der Waals surface area contributed by atoms with Gasteiger partial charge in [0.15, 0.2) is 0 Å². The number of hydrogen-bond donors (Lipinski definition) is 2. The molecule has 0 atom stereocenters. The summed E-state index contributed by atoms with van der Waals surface area (Å²) < 4.78 is 5.27. The molecule has 2 amide bonds. The number of nitrogens with one attached hydrogen (secondary N) is 2.